The molecule has 5 rings (SSSR count). The fourth-order valence-electron chi connectivity index (χ4n) is 8.96. The Morgan fingerprint density at radius 1 is 0.620 bits per heavy atom. The monoisotopic (exact) mass is 1120 g/mol. The third-order valence-electron chi connectivity index (χ3n) is 12.2. The van der Waals surface area contributed by atoms with E-state index in [1.54, 1.807) is 24.3 Å². The predicted octanol–water partition coefficient (Wildman–Crippen LogP) is 4.02. The molecule has 20 heteroatoms. The first-order chi connectivity index (χ1) is 33.3. The van der Waals surface area contributed by atoms with Gasteiger partial charge in [-0.1, -0.05) is 36.4 Å². The molecule has 0 spiro atoms. The molecular formula is C51H66GdN8O11+5. The summed E-state index contributed by atoms with van der Waals surface area (Å²) < 4.78 is 3.18. The first-order valence-corrected chi connectivity index (χ1v) is 23.2. The first kappa shape index (κ1) is 57.7. The number of fused-ring (bicyclic) bond motifs is 3. The number of carbonyl (C=O) groups is 6. The van der Waals surface area contributed by atoms with Crippen LogP contribution in [-0.4, -0.2) is 166 Å². The van der Waals surface area contributed by atoms with Gasteiger partial charge in [-0.15, -0.1) is 0 Å². The Labute approximate surface area is 444 Å². The molecule has 19 nitrogen and oxygen atoms in total. The van der Waals surface area contributed by atoms with Crippen molar-refractivity contribution in [3.8, 4) is 11.3 Å². The van der Waals surface area contributed by atoms with Gasteiger partial charge in [-0.2, -0.15) is 4.57 Å². The molecule has 0 saturated heterocycles. The average molecular weight is 1120 g/mol. The fraction of sp³-hybridized carbons (Fsp3) is 0.392. The van der Waals surface area contributed by atoms with Crippen LogP contribution < -0.4 is 21.4 Å². The van der Waals surface area contributed by atoms with Crippen molar-refractivity contribution in [3.05, 3.63) is 96.6 Å². The van der Waals surface area contributed by atoms with Crippen LogP contribution in [0.4, 0.5) is 17.1 Å². The number of hydrogen-bond acceptors (Lipinski definition) is 11. The number of anilines is 3. The van der Waals surface area contributed by atoms with E-state index in [9.17, 15) is 54.3 Å². The van der Waals surface area contributed by atoms with Crippen molar-refractivity contribution in [1.82, 2.24) is 14.7 Å². The number of nitrogens with zero attached hydrogens (tertiary/aromatic N) is 5. The van der Waals surface area contributed by atoms with Gasteiger partial charge in [0.15, 0.2) is 6.54 Å². The first-order valence-electron chi connectivity index (χ1n) is 23.2. The zero-order valence-corrected chi connectivity index (χ0v) is 42.5. The summed E-state index contributed by atoms with van der Waals surface area (Å²) in [6.07, 6.45) is 3.79. The number of benzene rings is 4. The number of rotatable bonds is 30. The van der Waals surface area contributed by atoms with Crippen molar-refractivity contribution >= 4 is 74.5 Å². The van der Waals surface area contributed by atoms with Gasteiger partial charge in [0.05, 0.1) is 77.1 Å². The molecular weight excluding hydrogens is 1060 g/mol. The number of unbranched alkanes of at least 4 members (excludes halogenated alkanes) is 2. The van der Waals surface area contributed by atoms with Gasteiger partial charge in [0.2, 0.25) is 17.1 Å². The number of nitrogens with two attached hydrogens (primary N) is 2. The summed E-state index contributed by atoms with van der Waals surface area (Å²) in [5.74, 6) is -6.57. The number of nitrogens with one attached hydrogen (secondary N) is 1. The Kier molecular flexibility index (Phi) is 22.5. The Hall–Kier alpha value is -5.87. The van der Waals surface area contributed by atoms with Crippen molar-refractivity contribution in [3.63, 3.8) is 0 Å². The van der Waals surface area contributed by atoms with E-state index in [0.29, 0.717) is 35.5 Å². The SMILES string of the molecule is C[N+](C)(CCCCCC(=O)Nc1ccc(CC(CN(CCN(CC(=O)O)CC(=O)O)CC(=O)O)N(CC(=O)O)CC(=O)O)cc1)CCC[n+]1c(-c2ccccc2)c2cc(N)ccc2c2ccc(N)cc21.[Gd+3]. The summed E-state index contributed by atoms with van der Waals surface area (Å²) in [6.45, 7) is -0.881. The van der Waals surface area contributed by atoms with Crippen LogP contribution in [0.25, 0.3) is 32.9 Å². The van der Waals surface area contributed by atoms with Gasteiger partial charge in [-0.3, -0.25) is 43.5 Å². The number of carboxylic acid groups (broad SMARTS) is 5. The maximum absolute atomic E-state index is 13.0. The molecule has 0 fully saturated rings. The number of aryl methyl sites for hydroxylation is 1. The molecule has 1 heterocycles. The minimum atomic E-state index is -1.30. The summed E-state index contributed by atoms with van der Waals surface area (Å²) in [5, 5.41) is 53.7. The van der Waals surface area contributed by atoms with Gasteiger partial charge >= 0.3 is 69.8 Å². The Morgan fingerprint density at radius 2 is 1.17 bits per heavy atom. The number of carboxylic acids is 5. The van der Waals surface area contributed by atoms with E-state index in [0.717, 1.165) is 81.2 Å². The van der Waals surface area contributed by atoms with Gasteiger partial charge in [-0.25, -0.2) is 0 Å². The fourth-order valence-corrected chi connectivity index (χ4v) is 8.96. The van der Waals surface area contributed by atoms with Crippen molar-refractivity contribution in [1.29, 1.82) is 0 Å². The summed E-state index contributed by atoms with van der Waals surface area (Å²) in [7, 11) is 4.45. The maximum Gasteiger partial charge on any atom is 3.00 e. The second kappa shape index (κ2) is 27.7. The largest absolute Gasteiger partial charge is 3.00 e. The molecule has 5 aromatic rings. The Morgan fingerprint density at radius 3 is 1.77 bits per heavy atom. The molecule has 1 amide bonds. The van der Waals surface area contributed by atoms with Crippen molar-refractivity contribution in [2.24, 2.45) is 0 Å². The third-order valence-corrected chi connectivity index (χ3v) is 12.2. The van der Waals surface area contributed by atoms with Crippen LogP contribution in [0.1, 0.15) is 37.7 Å². The van der Waals surface area contributed by atoms with Gasteiger partial charge in [-0.05, 0) is 79.8 Å². The smallest absolute Gasteiger partial charge is 0.480 e. The van der Waals surface area contributed by atoms with Gasteiger partial charge in [0.25, 0.3) is 0 Å². The number of hydrogen-bond donors (Lipinski definition) is 8. The van der Waals surface area contributed by atoms with Crippen LogP contribution in [-0.2, 0) is 41.7 Å². The number of quaternary nitrogens is 1. The molecule has 10 N–H and O–H groups in total. The van der Waals surface area contributed by atoms with Gasteiger partial charge in [0.1, 0.15) is 0 Å². The van der Waals surface area contributed by atoms with E-state index in [1.165, 1.54) is 9.80 Å². The number of pyridine rings is 1. The van der Waals surface area contributed by atoms with Crippen LogP contribution in [0.2, 0.25) is 0 Å². The zero-order valence-electron chi connectivity index (χ0n) is 40.2. The molecule has 4 aromatic carbocycles. The standard InChI is InChI=1S/C51H64N8O11.Gd/c1-59(2,25-9-21-58-44-28-38(53)16-20-42(44)41-19-15-37(52)27-43(41)51(58)36-10-5-3-6-11-36)24-8-4-7-12-45(60)54-39-17-13-35(14-18-39)26-40(57(33-49(67)68)34-50(69)70)29-55(30-46(61)62)22-23-56(31-47(63)64)32-48(65)66;/h3,5-6,10-11,13-20,27-28,40,53H,4,7-9,12,21-26,29-34,52H2,1-2H3,(H5-,54,60,61,62,63,64,65,66,67,68,69,70);/q;+3/p+2. The molecule has 0 aliphatic rings. The normalized spacial score (nSPS) is 12.0. The molecule has 0 aliphatic heterocycles. The van der Waals surface area contributed by atoms with Crippen LogP contribution in [0, 0.1) is 39.9 Å². The van der Waals surface area contributed by atoms with E-state index in [1.807, 2.05) is 36.4 Å². The average Bonchev–Trinajstić information content (AvgIpc) is 3.27. The van der Waals surface area contributed by atoms with Crippen LogP contribution in [0.15, 0.2) is 91.0 Å². The molecule has 1 atom stereocenters. The summed E-state index contributed by atoms with van der Waals surface area (Å²) in [5.41, 5.74) is 18.5. The van der Waals surface area contributed by atoms with E-state index in [-0.39, 0.29) is 71.9 Å². The zero-order chi connectivity index (χ0) is 51.0. The van der Waals surface area contributed by atoms with E-state index in [2.05, 4.69) is 54.3 Å². The molecule has 379 valence electrons. The van der Waals surface area contributed by atoms with Gasteiger partial charge in [0, 0.05) is 66.2 Å². The van der Waals surface area contributed by atoms with Crippen molar-refractivity contribution < 1.29 is 103 Å². The molecule has 71 heavy (non-hydrogen) atoms. The maximum atomic E-state index is 13.0. The van der Waals surface area contributed by atoms with E-state index < -0.39 is 68.6 Å². The number of aromatic nitrogens is 1. The molecule has 0 aliphatic carbocycles. The van der Waals surface area contributed by atoms with E-state index in [4.69, 9.17) is 11.5 Å². The molecule has 1 unspecified atom stereocenters. The molecule has 1 aromatic heterocycles. The molecule has 0 saturated carbocycles. The second-order valence-corrected chi connectivity index (χ2v) is 18.4. The molecule has 0 bridgehead atoms. The minimum absolute atomic E-state index is 0. The predicted molar refractivity (Wildman–Crippen MR) is 266 cm³/mol. The van der Waals surface area contributed by atoms with Crippen molar-refractivity contribution in [2.75, 3.05) is 96.3 Å². The van der Waals surface area contributed by atoms with Crippen LogP contribution in [0.3, 0.4) is 0 Å². The topological polar surface area (TPSA) is 281 Å². The Bertz CT molecular complexity index is 2600. The van der Waals surface area contributed by atoms with Gasteiger partial charge < -0.3 is 46.8 Å². The summed E-state index contributed by atoms with van der Waals surface area (Å²) in [4.78, 5) is 74.9. The quantitative estimate of drug-likeness (QED) is 0.0106. The third kappa shape index (κ3) is 18.7. The van der Waals surface area contributed by atoms with Crippen LogP contribution in [0.5, 0.6) is 0 Å². The second-order valence-electron chi connectivity index (χ2n) is 18.4. The molecule has 1 radical (unpaired) electrons. The number of amides is 1. The summed E-state index contributed by atoms with van der Waals surface area (Å²) >= 11 is 0. The van der Waals surface area contributed by atoms with Crippen LogP contribution >= 0.6 is 0 Å². The van der Waals surface area contributed by atoms with Crippen molar-refractivity contribution in [2.45, 2.75) is 51.1 Å². The van der Waals surface area contributed by atoms with E-state index >= 15 is 0 Å². The minimum Gasteiger partial charge on any atom is -0.480 e. The number of carbonyl (C=O) groups excluding carboxylic acids is 1. The number of nitrogen functional groups attached to an aromatic ring is 2. The summed E-state index contributed by atoms with van der Waals surface area (Å²) in [6, 6.07) is 28.4. The Balaban J connectivity index is 0.0000110. The number of aliphatic carboxylic acids is 5.